The third kappa shape index (κ3) is 5.12. The fourth-order valence-electron chi connectivity index (χ4n) is 3.65. The molecule has 3 aromatic carbocycles. The molecule has 4 rings (SSSR count). The normalized spacial score (nSPS) is 13.6. The molecular weight excluding hydrogens is 406 g/mol. The molecular formula is C25H25N3O4. The maximum Gasteiger partial charge on any atom is 0.256 e. The van der Waals surface area contributed by atoms with E-state index >= 15 is 0 Å². The van der Waals surface area contributed by atoms with E-state index in [-0.39, 0.29) is 30.7 Å². The number of anilines is 1. The van der Waals surface area contributed by atoms with E-state index in [1.807, 2.05) is 36.4 Å². The van der Waals surface area contributed by atoms with Crippen LogP contribution in [0.3, 0.4) is 0 Å². The van der Waals surface area contributed by atoms with Crippen LogP contribution >= 0.6 is 0 Å². The van der Waals surface area contributed by atoms with Gasteiger partial charge in [-0.25, -0.2) is 0 Å². The first-order chi connectivity index (χ1) is 15.6. The summed E-state index contributed by atoms with van der Waals surface area (Å²) >= 11 is 0. The summed E-state index contributed by atoms with van der Waals surface area (Å²) < 4.78 is 5.30. The number of hydrogen-bond donors (Lipinski definition) is 2. The van der Waals surface area contributed by atoms with Gasteiger partial charge in [0.15, 0.2) is 0 Å². The second kappa shape index (κ2) is 10.1. The first-order valence-electron chi connectivity index (χ1n) is 10.6. The summed E-state index contributed by atoms with van der Waals surface area (Å²) in [6.07, 6.45) is 0.0966. The number of amides is 3. The monoisotopic (exact) mass is 431 g/mol. The highest BCUT2D eigenvalue weighted by Crippen LogP contribution is 2.19. The Morgan fingerprint density at radius 1 is 0.875 bits per heavy atom. The Morgan fingerprint density at radius 3 is 2.41 bits per heavy atom. The topological polar surface area (TPSA) is 87.7 Å². The van der Waals surface area contributed by atoms with Gasteiger partial charge in [0, 0.05) is 31.6 Å². The maximum absolute atomic E-state index is 12.8. The van der Waals surface area contributed by atoms with Crippen LogP contribution in [0.5, 0.6) is 0 Å². The SMILES string of the molecule is O=C(CCNC(=O)c1ccc2ccccc2c1)Nc1ccccc1C(=O)N1CCOCC1. The second-order valence-electron chi connectivity index (χ2n) is 7.57. The molecule has 1 aliphatic rings. The van der Waals surface area contributed by atoms with Crippen LogP contribution in [0.2, 0.25) is 0 Å². The molecule has 0 atom stereocenters. The molecule has 0 aliphatic carbocycles. The zero-order valence-electron chi connectivity index (χ0n) is 17.7. The van der Waals surface area contributed by atoms with Gasteiger partial charge in [-0.15, -0.1) is 0 Å². The average molecular weight is 431 g/mol. The van der Waals surface area contributed by atoms with E-state index in [4.69, 9.17) is 4.74 Å². The Morgan fingerprint density at radius 2 is 1.59 bits per heavy atom. The summed E-state index contributed by atoms with van der Waals surface area (Å²) in [6.45, 7) is 2.27. The number of ether oxygens (including phenoxy) is 1. The molecule has 2 N–H and O–H groups in total. The predicted octanol–water partition coefficient (Wildman–Crippen LogP) is 3.07. The highest BCUT2D eigenvalue weighted by atomic mass is 16.5. The van der Waals surface area contributed by atoms with E-state index in [0.717, 1.165) is 10.8 Å². The molecule has 7 heteroatoms. The molecule has 0 spiro atoms. The van der Waals surface area contributed by atoms with Crippen LogP contribution in [0.1, 0.15) is 27.1 Å². The summed E-state index contributed by atoms with van der Waals surface area (Å²) in [5.74, 6) is -0.633. The van der Waals surface area contributed by atoms with Gasteiger partial charge in [0.25, 0.3) is 11.8 Å². The van der Waals surface area contributed by atoms with E-state index in [0.29, 0.717) is 43.1 Å². The predicted molar refractivity (Wildman–Crippen MR) is 123 cm³/mol. The first kappa shape index (κ1) is 21.5. The van der Waals surface area contributed by atoms with Crippen LogP contribution < -0.4 is 10.6 Å². The number of carbonyl (C=O) groups excluding carboxylic acids is 3. The molecule has 164 valence electrons. The Hall–Kier alpha value is -3.71. The number of rotatable bonds is 6. The van der Waals surface area contributed by atoms with Crippen LogP contribution in [-0.2, 0) is 9.53 Å². The third-order valence-electron chi connectivity index (χ3n) is 5.38. The van der Waals surface area contributed by atoms with Crippen molar-refractivity contribution in [3.05, 3.63) is 77.9 Å². The zero-order chi connectivity index (χ0) is 22.3. The Labute approximate surface area is 186 Å². The van der Waals surface area contributed by atoms with E-state index in [2.05, 4.69) is 10.6 Å². The lowest BCUT2D eigenvalue weighted by molar-refractivity contribution is -0.116. The van der Waals surface area contributed by atoms with Gasteiger partial charge < -0.3 is 20.3 Å². The second-order valence-corrected chi connectivity index (χ2v) is 7.57. The smallest absolute Gasteiger partial charge is 0.256 e. The van der Waals surface area contributed by atoms with E-state index < -0.39 is 0 Å². The largest absolute Gasteiger partial charge is 0.378 e. The van der Waals surface area contributed by atoms with Crippen molar-refractivity contribution < 1.29 is 19.1 Å². The van der Waals surface area contributed by atoms with Crippen molar-refractivity contribution in [2.75, 3.05) is 38.2 Å². The number of para-hydroxylation sites is 1. The van der Waals surface area contributed by atoms with Crippen LogP contribution in [0.15, 0.2) is 66.7 Å². The van der Waals surface area contributed by atoms with Gasteiger partial charge >= 0.3 is 0 Å². The number of nitrogens with one attached hydrogen (secondary N) is 2. The summed E-state index contributed by atoms with van der Waals surface area (Å²) in [6, 6.07) is 20.3. The molecule has 1 heterocycles. The van der Waals surface area contributed by atoms with Crippen molar-refractivity contribution >= 4 is 34.2 Å². The molecule has 0 radical (unpaired) electrons. The molecule has 1 fully saturated rings. The van der Waals surface area contributed by atoms with Crippen molar-refractivity contribution in [1.82, 2.24) is 10.2 Å². The van der Waals surface area contributed by atoms with Crippen LogP contribution in [0, 0.1) is 0 Å². The average Bonchev–Trinajstić information content (AvgIpc) is 2.84. The number of carbonyl (C=O) groups is 3. The van der Waals surface area contributed by atoms with Gasteiger partial charge in [-0.2, -0.15) is 0 Å². The summed E-state index contributed by atoms with van der Waals surface area (Å²) in [5.41, 5.74) is 1.46. The standard InChI is InChI=1S/C25H25N3O4/c29-23(11-12-26-24(30)20-10-9-18-5-1-2-6-19(18)17-20)27-22-8-4-3-7-21(22)25(31)28-13-15-32-16-14-28/h1-10,17H,11-16H2,(H,26,30)(H,27,29). The van der Waals surface area contributed by atoms with Gasteiger partial charge in [-0.3, -0.25) is 14.4 Å². The number of hydrogen-bond acceptors (Lipinski definition) is 4. The van der Waals surface area contributed by atoms with E-state index in [1.165, 1.54) is 0 Å². The molecule has 0 bridgehead atoms. The number of benzene rings is 3. The Balaban J connectivity index is 1.32. The highest BCUT2D eigenvalue weighted by Gasteiger charge is 2.21. The van der Waals surface area contributed by atoms with E-state index in [9.17, 15) is 14.4 Å². The van der Waals surface area contributed by atoms with Gasteiger partial charge in [-0.05, 0) is 35.0 Å². The third-order valence-corrected chi connectivity index (χ3v) is 5.38. The first-order valence-corrected chi connectivity index (χ1v) is 10.6. The number of morpholine rings is 1. The summed E-state index contributed by atoms with van der Waals surface area (Å²) in [7, 11) is 0. The fourth-order valence-corrected chi connectivity index (χ4v) is 3.65. The van der Waals surface area contributed by atoms with Gasteiger partial charge in [0.1, 0.15) is 0 Å². The Kier molecular flexibility index (Phi) is 6.77. The van der Waals surface area contributed by atoms with Crippen molar-refractivity contribution in [3.63, 3.8) is 0 Å². The van der Waals surface area contributed by atoms with Gasteiger partial charge in [-0.1, -0.05) is 42.5 Å². The lowest BCUT2D eigenvalue weighted by atomic mass is 10.1. The lowest BCUT2D eigenvalue weighted by Gasteiger charge is -2.27. The minimum atomic E-state index is -0.272. The van der Waals surface area contributed by atoms with Gasteiger partial charge in [0.05, 0.1) is 24.5 Å². The molecule has 7 nitrogen and oxygen atoms in total. The number of fused-ring (bicyclic) bond motifs is 1. The van der Waals surface area contributed by atoms with Gasteiger partial charge in [0.2, 0.25) is 5.91 Å². The molecule has 3 aromatic rings. The van der Waals surface area contributed by atoms with Crippen LogP contribution in [0.4, 0.5) is 5.69 Å². The zero-order valence-corrected chi connectivity index (χ0v) is 17.7. The van der Waals surface area contributed by atoms with Crippen molar-refractivity contribution in [3.8, 4) is 0 Å². The summed E-state index contributed by atoms with van der Waals surface area (Å²) in [4.78, 5) is 39.4. The maximum atomic E-state index is 12.8. The molecule has 0 saturated carbocycles. The summed E-state index contributed by atoms with van der Waals surface area (Å²) in [5, 5.41) is 7.63. The minimum absolute atomic E-state index is 0.0966. The lowest BCUT2D eigenvalue weighted by Crippen LogP contribution is -2.41. The molecule has 0 aromatic heterocycles. The number of nitrogens with zero attached hydrogens (tertiary/aromatic N) is 1. The molecule has 0 unspecified atom stereocenters. The van der Waals surface area contributed by atoms with Crippen molar-refractivity contribution in [1.29, 1.82) is 0 Å². The molecule has 1 saturated heterocycles. The minimum Gasteiger partial charge on any atom is -0.378 e. The van der Waals surface area contributed by atoms with Crippen LogP contribution in [-0.4, -0.2) is 55.5 Å². The quantitative estimate of drug-likeness (QED) is 0.628. The Bertz CT molecular complexity index is 1140. The van der Waals surface area contributed by atoms with Crippen molar-refractivity contribution in [2.45, 2.75) is 6.42 Å². The van der Waals surface area contributed by atoms with Crippen LogP contribution in [0.25, 0.3) is 10.8 Å². The molecule has 1 aliphatic heterocycles. The molecule has 3 amide bonds. The molecule has 32 heavy (non-hydrogen) atoms. The fraction of sp³-hybridized carbons (Fsp3) is 0.240. The van der Waals surface area contributed by atoms with Crippen molar-refractivity contribution in [2.24, 2.45) is 0 Å². The highest BCUT2D eigenvalue weighted by molar-refractivity contribution is 6.04. The van der Waals surface area contributed by atoms with E-state index in [1.54, 1.807) is 35.2 Å².